The van der Waals surface area contributed by atoms with Gasteiger partial charge in [-0.2, -0.15) is 0 Å². The molecule has 148 valence electrons. The van der Waals surface area contributed by atoms with E-state index in [0.29, 0.717) is 0 Å². The summed E-state index contributed by atoms with van der Waals surface area (Å²) in [4.78, 5) is 2.43. The van der Waals surface area contributed by atoms with Gasteiger partial charge in [-0.3, -0.25) is 0 Å². The molecule has 1 aliphatic rings. The van der Waals surface area contributed by atoms with Crippen LogP contribution in [0.15, 0.2) is 121 Å². The molecule has 0 N–H and O–H groups in total. The summed E-state index contributed by atoms with van der Waals surface area (Å²) in [5.41, 5.74) is 4.88. The summed E-state index contributed by atoms with van der Waals surface area (Å²) in [5, 5.41) is 0. The lowest BCUT2D eigenvalue weighted by atomic mass is 9.91. The fraction of sp³-hybridized carbons (Fsp3) is 0.143. The topological polar surface area (TPSA) is 12.5 Å². The number of hydrogen-bond donors (Lipinski definition) is 0. The van der Waals surface area contributed by atoms with Gasteiger partial charge >= 0.3 is 0 Å². The van der Waals surface area contributed by atoms with Crippen molar-refractivity contribution in [2.75, 3.05) is 4.90 Å². The first-order valence-corrected chi connectivity index (χ1v) is 10.5. The normalized spacial score (nSPS) is 21.3. The van der Waals surface area contributed by atoms with Crippen LogP contribution in [0, 0.1) is 0 Å². The van der Waals surface area contributed by atoms with E-state index in [9.17, 15) is 0 Å². The maximum atomic E-state index is 6.80. The van der Waals surface area contributed by atoms with Crippen LogP contribution in [0.1, 0.15) is 41.5 Å². The van der Waals surface area contributed by atoms with E-state index in [4.69, 9.17) is 4.74 Å². The van der Waals surface area contributed by atoms with Crippen LogP contribution in [0.25, 0.3) is 0 Å². The number of benzene rings is 4. The minimum atomic E-state index is -0.169. The van der Waals surface area contributed by atoms with Crippen molar-refractivity contribution in [2.24, 2.45) is 0 Å². The van der Waals surface area contributed by atoms with E-state index < -0.39 is 0 Å². The first-order valence-electron chi connectivity index (χ1n) is 10.5. The molecule has 0 spiro atoms. The molecule has 4 aromatic carbocycles. The fourth-order valence-electron chi connectivity index (χ4n) is 4.38. The lowest BCUT2D eigenvalue weighted by Crippen LogP contribution is -2.40. The van der Waals surface area contributed by atoms with Gasteiger partial charge in [0, 0.05) is 17.7 Å². The zero-order valence-corrected chi connectivity index (χ0v) is 16.8. The second-order valence-electron chi connectivity index (χ2n) is 7.70. The van der Waals surface area contributed by atoms with Gasteiger partial charge < -0.3 is 9.64 Å². The SMILES string of the molecule is c1ccc([C@H]2C[C@H](c3ccccc3)O[C@H](c3ccccc3)N2c2ccccc2)cc1. The quantitative estimate of drug-likeness (QED) is 0.368. The lowest BCUT2D eigenvalue weighted by Gasteiger charge is -2.47. The third kappa shape index (κ3) is 3.74. The van der Waals surface area contributed by atoms with E-state index in [2.05, 4.69) is 126 Å². The Morgan fingerprint density at radius 3 is 1.57 bits per heavy atom. The van der Waals surface area contributed by atoms with Crippen LogP contribution in [-0.4, -0.2) is 0 Å². The molecule has 0 aromatic heterocycles. The van der Waals surface area contributed by atoms with Crippen molar-refractivity contribution in [2.45, 2.75) is 24.8 Å². The first-order chi connectivity index (χ1) is 14.9. The Morgan fingerprint density at radius 2 is 1.00 bits per heavy atom. The Morgan fingerprint density at radius 1 is 0.533 bits per heavy atom. The predicted octanol–water partition coefficient (Wildman–Crippen LogP) is 7.09. The second kappa shape index (κ2) is 8.56. The highest BCUT2D eigenvalue weighted by Gasteiger charge is 2.38. The summed E-state index contributed by atoms with van der Waals surface area (Å²) >= 11 is 0. The Bertz CT molecular complexity index is 1000. The number of hydrogen-bond acceptors (Lipinski definition) is 2. The first kappa shape index (κ1) is 18.7. The summed E-state index contributed by atoms with van der Waals surface area (Å²) < 4.78 is 6.80. The average Bonchev–Trinajstić information content (AvgIpc) is 2.85. The van der Waals surface area contributed by atoms with Gasteiger partial charge in [-0.1, -0.05) is 109 Å². The highest BCUT2D eigenvalue weighted by molar-refractivity contribution is 5.52. The Labute approximate surface area is 178 Å². The van der Waals surface area contributed by atoms with Gasteiger partial charge in [0.1, 0.15) is 0 Å². The molecule has 1 fully saturated rings. The highest BCUT2D eigenvalue weighted by Crippen LogP contribution is 2.48. The van der Waals surface area contributed by atoms with Gasteiger partial charge in [-0.25, -0.2) is 0 Å². The van der Waals surface area contributed by atoms with Gasteiger partial charge in [-0.15, -0.1) is 0 Å². The minimum Gasteiger partial charge on any atom is -0.346 e. The molecule has 0 amide bonds. The number of ether oxygens (including phenoxy) is 1. The molecule has 0 saturated carbocycles. The molecular formula is C28H25NO. The fourth-order valence-corrected chi connectivity index (χ4v) is 4.38. The summed E-state index contributed by atoms with van der Waals surface area (Å²) in [7, 11) is 0. The summed E-state index contributed by atoms with van der Waals surface area (Å²) in [6, 6.07) is 42.8. The third-order valence-electron chi connectivity index (χ3n) is 5.81. The van der Waals surface area contributed by atoms with Crippen molar-refractivity contribution in [1.82, 2.24) is 0 Å². The van der Waals surface area contributed by atoms with Crippen molar-refractivity contribution >= 4 is 5.69 Å². The van der Waals surface area contributed by atoms with Crippen LogP contribution >= 0.6 is 0 Å². The van der Waals surface area contributed by atoms with Crippen LogP contribution in [0.3, 0.4) is 0 Å². The zero-order valence-electron chi connectivity index (χ0n) is 16.8. The molecule has 1 saturated heterocycles. The number of nitrogens with zero attached hydrogens (tertiary/aromatic N) is 1. The van der Waals surface area contributed by atoms with Crippen LogP contribution in [0.4, 0.5) is 5.69 Å². The molecule has 30 heavy (non-hydrogen) atoms. The monoisotopic (exact) mass is 391 g/mol. The highest BCUT2D eigenvalue weighted by atomic mass is 16.5. The molecule has 0 unspecified atom stereocenters. The Balaban J connectivity index is 1.64. The van der Waals surface area contributed by atoms with Crippen LogP contribution in [-0.2, 0) is 4.74 Å². The van der Waals surface area contributed by atoms with E-state index in [0.717, 1.165) is 6.42 Å². The van der Waals surface area contributed by atoms with E-state index >= 15 is 0 Å². The van der Waals surface area contributed by atoms with Crippen molar-refractivity contribution in [3.8, 4) is 0 Å². The van der Waals surface area contributed by atoms with Gasteiger partial charge in [0.15, 0.2) is 6.23 Å². The largest absolute Gasteiger partial charge is 0.346 e. The molecular weight excluding hydrogens is 366 g/mol. The van der Waals surface area contributed by atoms with Gasteiger partial charge in [-0.05, 0) is 23.3 Å². The lowest BCUT2D eigenvalue weighted by molar-refractivity contribution is -0.0594. The summed E-state index contributed by atoms with van der Waals surface area (Å²) in [6.07, 6.45) is 0.756. The van der Waals surface area contributed by atoms with Gasteiger partial charge in [0.05, 0.1) is 12.1 Å². The van der Waals surface area contributed by atoms with Crippen molar-refractivity contribution < 1.29 is 4.74 Å². The maximum absolute atomic E-state index is 6.80. The maximum Gasteiger partial charge on any atom is 0.157 e. The van der Waals surface area contributed by atoms with Gasteiger partial charge in [0.25, 0.3) is 0 Å². The van der Waals surface area contributed by atoms with Crippen molar-refractivity contribution in [3.63, 3.8) is 0 Å². The minimum absolute atomic E-state index is 0.0292. The number of anilines is 1. The van der Waals surface area contributed by atoms with Crippen LogP contribution in [0.5, 0.6) is 0 Å². The Hall–Kier alpha value is -3.36. The van der Waals surface area contributed by atoms with Crippen LogP contribution < -0.4 is 4.90 Å². The number of para-hydroxylation sites is 1. The summed E-state index contributed by atoms with van der Waals surface area (Å²) in [5.74, 6) is 0. The summed E-state index contributed by atoms with van der Waals surface area (Å²) in [6.45, 7) is 0. The molecule has 5 rings (SSSR count). The van der Waals surface area contributed by atoms with Crippen molar-refractivity contribution in [1.29, 1.82) is 0 Å². The molecule has 4 aromatic rings. The van der Waals surface area contributed by atoms with Gasteiger partial charge in [0.2, 0.25) is 0 Å². The molecule has 0 aliphatic carbocycles. The Kier molecular flexibility index (Phi) is 5.32. The molecule has 0 bridgehead atoms. The third-order valence-corrected chi connectivity index (χ3v) is 5.81. The molecule has 1 heterocycles. The van der Waals surface area contributed by atoms with E-state index in [-0.39, 0.29) is 18.4 Å². The number of rotatable bonds is 4. The van der Waals surface area contributed by atoms with E-state index in [1.54, 1.807) is 0 Å². The molecule has 0 radical (unpaired) electrons. The zero-order chi connectivity index (χ0) is 20.2. The standard InChI is InChI=1S/C28H25NO/c1-5-13-22(14-6-1)26-21-27(23-15-7-2-8-16-23)30-28(24-17-9-3-10-18-24)29(26)25-19-11-4-12-20-25/h1-20,26-28H,21H2/t26-,27-,28-/m1/s1. The predicted molar refractivity (Wildman–Crippen MR) is 122 cm³/mol. The van der Waals surface area contributed by atoms with E-state index in [1.807, 2.05) is 0 Å². The van der Waals surface area contributed by atoms with Crippen LogP contribution in [0.2, 0.25) is 0 Å². The molecule has 2 heteroatoms. The molecule has 1 aliphatic heterocycles. The van der Waals surface area contributed by atoms with E-state index in [1.165, 1.54) is 22.4 Å². The molecule has 2 nitrogen and oxygen atoms in total. The van der Waals surface area contributed by atoms with Crippen molar-refractivity contribution in [3.05, 3.63) is 138 Å². The second-order valence-corrected chi connectivity index (χ2v) is 7.70. The average molecular weight is 392 g/mol. The smallest absolute Gasteiger partial charge is 0.157 e. The molecule has 3 atom stereocenters.